The molecule has 0 spiro atoms. The van der Waals surface area contributed by atoms with Gasteiger partial charge in [0.15, 0.2) is 17.6 Å². The number of urea groups is 1. The quantitative estimate of drug-likeness (QED) is 0.662. The number of anilines is 1. The number of piperidine rings is 1. The van der Waals surface area contributed by atoms with Crippen molar-refractivity contribution in [3.05, 3.63) is 54.6 Å². The highest BCUT2D eigenvalue weighted by Crippen LogP contribution is 2.30. The van der Waals surface area contributed by atoms with E-state index in [0.29, 0.717) is 25.4 Å². The van der Waals surface area contributed by atoms with E-state index in [9.17, 15) is 9.59 Å². The van der Waals surface area contributed by atoms with Crippen molar-refractivity contribution >= 4 is 17.6 Å². The van der Waals surface area contributed by atoms with E-state index in [2.05, 4.69) is 20.9 Å². The summed E-state index contributed by atoms with van der Waals surface area (Å²) in [5.74, 6) is 1.41. The van der Waals surface area contributed by atoms with E-state index in [1.807, 2.05) is 54.6 Å². The van der Waals surface area contributed by atoms with E-state index < -0.39 is 0 Å². The summed E-state index contributed by atoms with van der Waals surface area (Å²) in [5.41, 5.74) is 0.802. The summed E-state index contributed by atoms with van der Waals surface area (Å²) < 4.78 is 11.5. The molecule has 1 fully saturated rings. The van der Waals surface area contributed by atoms with E-state index in [-0.39, 0.29) is 24.1 Å². The largest absolute Gasteiger partial charge is 0.486 e. The molecule has 31 heavy (non-hydrogen) atoms. The van der Waals surface area contributed by atoms with Gasteiger partial charge in [0, 0.05) is 24.8 Å². The number of hydrogen-bond donors (Lipinski definition) is 3. The molecular weight excluding hydrogens is 396 g/mol. The Morgan fingerprint density at radius 2 is 1.68 bits per heavy atom. The van der Waals surface area contributed by atoms with Crippen LogP contribution in [0.1, 0.15) is 12.8 Å². The highest BCUT2D eigenvalue weighted by Gasteiger charge is 2.24. The first kappa shape index (κ1) is 21.0. The fourth-order valence-corrected chi connectivity index (χ4v) is 3.77. The zero-order chi connectivity index (χ0) is 21.5. The summed E-state index contributed by atoms with van der Waals surface area (Å²) in [7, 11) is 0. The molecule has 0 bridgehead atoms. The summed E-state index contributed by atoms with van der Waals surface area (Å²) in [4.78, 5) is 26.6. The number of para-hydroxylation sites is 3. The predicted octanol–water partition coefficient (Wildman–Crippen LogP) is 2.23. The van der Waals surface area contributed by atoms with E-state index in [0.717, 1.165) is 37.4 Å². The van der Waals surface area contributed by atoms with Gasteiger partial charge in [-0.25, -0.2) is 4.79 Å². The molecule has 4 rings (SSSR count). The van der Waals surface area contributed by atoms with Crippen LogP contribution in [0.4, 0.5) is 10.5 Å². The van der Waals surface area contributed by atoms with Crippen molar-refractivity contribution in [1.29, 1.82) is 0 Å². The highest BCUT2D eigenvalue weighted by molar-refractivity contribution is 5.92. The number of nitrogens with zero attached hydrogens (tertiary/aromatic N) is 1. The van der Waals surface area contributed by atoms with Crippen LogP contribution in [-0.4, -0.2) is 61.8 Å². The van der Waals surface area contributed by atoms with E-state index in [1.54, 1.807) is 0 Å². The molecule has 2 aliphatic rings. The molecular formula is C23H28N4O4. The van der Waals surface area contributed by atoms with Gasteiger partial charge in [0.1, 0.15) is 6.61 Å². The lowest BCUT2D eigenvalue weighted by Crippen LogP contribution is -2.51. The molecule has 164 valence electrons. The molecule has 1 unspecified atom stereocenters. The van der Waals surface area contributed by atoms with Crippen molar-refractivity contribution in [2.75, 3.05) is 38.1 Å². The van der Waals surface area contributed by atoms with Gasteiger partial charge in [-0.2, -0.15) is 0 Å². The number of ether oxygens (including phenoxy) is 2. The van der Waals surface area contributed by atoms with Crippen LogP contribution in [0.25, 0.3) is 0 Å². The van der Waals surface area contributed by atoms with Gasteiger partial charge in [-0.3, -0.25) is 9.69 Å². The minimum absolute atomic E-state index is 0.0216. The zero-order valence-electron chi connectivity index (χ0n) is 17.4. The van der Waals surface area contributed by atoms with Crippen LogP contribution in [0.2, 0.25) is 0 Å². The minimum atomic E-state index is -0.217. The molecule has 8 heteroatoms. The molecule has 0 aromatic heterocycles. The number of benzene rings is 2. The van der Waals surface area contributed by atoms with E-state index in [1.165, 1.54) is 0 Å². The van der Waals surface area contributed by atoms with Crippen molar-refractivity contribution in [1.82, 2.24) is 15.5 Å². The fraction of sp³-hybridized carbons (Fsp3) is 0.391. The summed E-state index contributed by atoms with van der Waals surface area (Å²) >= 11 is 0. The number of hydrogen-bond acceptors (Lipinski definition) is 5. The third-order valence-electron chi connectivity index (χ3n) is 5.41. The number of carbonyl (C=O) groups is 2. The SMILES string of the molecule is O=C(CN1CCC(NC(=O)NCC2COc3ccccc3O2)CC1)Nc1ccccc1. The number of amides is 3. The van der Waals surface area contributed by atoms with Gasteiger partial charge in [0.25, 0.3) is 0 Å². The summed E-state index contributed by atoms with van der Waals surface area (Å²) in [6.07, 6.45) is 1.40. The first-order valence-electron chi connectivity index (χ1n) is 10.7. The molecule has 2 aromatic rings. The lowest BCUT2D eigenvalue weighted by Gasteiger charge is -2.32. The molecule has 2 aromatic carbocycles. The van der Waals surface area contributed by atoms with Crippen LogP contribution >= 0.6 is 0 Å². The maximum atomic E-state index is 12.3. The normalized spacial score (nSPS) is 18.8. The molecule has 8 nitrogen and oxygen atoms in total. The Bertz CT molecular complexity index is 884. The Labute approximate surface area is 181 Å². The lowest BCUT2D eigenvalue weighted by atomic mass is 10.1. The number of rotatable bonds is 6. The van der Waals surface area contributed by atoms with E-state index in [4.69, 9.17) is 9.47 Å². The third kappa shape index (κ3) is 6.11. The molecule has 3 N–H and O–H groups in total. The molecule has 2 heterocycles. The highest BCUT2D eigenvalue weighted by atomic mass is 16.6. The Balaban J connectivity index is 1.12. The lowest BCUT2D eigenvalue weighted by molar-refractivity contribution is -0.117. The molecule has 1 atom stereocenters. The number of fused-ring (bicyclic) bond motifs is 1. The maximum Gasteiger partial charge on any atom is 0.315 e. The average Bonchev–Trinajstić information content (AvgIpc) is 2.79. The van der Waals surface area contributed by atoms with Crippen molar-refractivity contribution in [2.24, 2.45) is 0 Å². The predicted molar refractivity (Wildman–Crippen MR) is 117 cm³/mol. The molecule has 0 radical (unpaired) electrons. The van der Waals surface area contributed by atoms with Crippen molar-refractivity contribution < 1.29 is 19.1 Å². The topological polar surface area (TPSA) is 91.9 Å². The Kier molecular flexibility index (Phi) is 6.89. The first-order valence-corrected chi connectivity index (χ1v) is 10.7. The maximum absolute atomic E-state index is 12.3. The minimum Gasteiger partial charge on any atom is -0.486 e. The van der Waals surface area contributed by atoms with E-state index >= 15 is 0 Å². The summed E-state index contributed by atoms with van der Waals surface area (Å²) in [6, 6.07) is 16.8. The van der Waals surface area contributed by atoms with Crippen LogP contribution in [0, 0.1) is 0 Å². The second kappa shape index (κ2) is 10.2. The zero-order valence-corrected chi connectivity index (χ0v) is 17.4. The second-order valence-electron chi connectivity index (χ2n) is 7.82. The smallest absolute Gasteiger partial charge is 0.315 e. The van der Waals surface area contributed by atoms with Gasteiger partial charge in [-0.05, 0) is 37.1 Å². The standard InChI is InChI=1S/C23H28N4O4/c28-22(25-17-6-2-1-3-7-17)15-27-12-10-18(11-13-27)26-23(29)24-14-19-16-30-20-8-4-5-9-21(20)31-19/h1-9,18-19H,10-16H2,(H,25,28)(H2,24,26,29). The fourth-order valence-electron chi connectivity index (χ4n) is 3.77. The van der Waals surface area contributed by atoms with Gasteiger partial charge >= 0.3 is 6.03 Å². The van der Waals surface area contributed by atoms with Crippen molar-refractivity contribution in [3.63, 3.8) is 0 Å². The van der Waals surface area contributed by atoms with Crippen LogP contribution in [0.5, 0.6) is 11.5 Å². The monoisotopic (exact) mass is 424 g/mol. The van der Waals surface area contributed by atoms with Gasteiger partial charge in [0.05, 0.1) is 13.1 Å². The molecule has 2 aliphatic heterocycles. The first-order chi connectivity index (χ1) is 15.2. The average molecular weight is 425 g/mol. The Morgan fingerprint density at radius 1 is 0.968 bits per heavy atom. The van der Waals surface area contributed by atoms with Crippen LogP contribution in [0.3, 0.4) is 0 Å². The van der Waals surface area contributed by atoms with Crippen molar-refractivity contribution in [2.45, 2.75) is 25.0 Å². The molecule has 0 saturated carbocycles. The van der Waals surface area contributed by atoms with Crippen molar-refractivity contribution in [3.8, 4) is 11.5 Å². The van der Waals surface area contributed by atoms with Crippen LogP contribution < -0.4 is 25.4 Å². The van der Waals surface area contributed by atoms with Crippen LogP contribution in [0.15, 0.2) is 54.6 Å². The Morgan fingerprint density at radius 3 is 2.45 bits per heavy atom. The van der Waals surface area contributed by atoms with Gasteiger partial charge in [-0.15, -0.1) is 0 Å². The summed E-state index contributed by atoms with van der Waals surface area (Å²) in [5, 5.41) is 8.79. The van der Waals surface area contributed by atoms with Gasteiger partial charge < -0.3 is 25.4 Å². The number of nitrogens with one attached hydrogen (secondary N) is 3. The Hall–Kier alpha value is -3.26. The van der Waals surface area contributed by atoms with Crippen LogP contribution in [-0.2, 0) is 4.79 Å². The van der Waals surface area contributed by atoms with Gasteiger partial charge in [0.2, 0.25) is 5.91 Å². The number of likely N-dealkylation sites (tertiary alicyclic amines) is 1. The van der Waals surface area contributed by atoms with Gasteiger partial charge in [-0.1, -0.05) is 30.3 Å². The molecule has 0 aliphatic carbocycles. The molecule has 3 amide bonds. The number of carbonyl (C=O) groups excluding carboxylic acids is 2. The molecule has 1 saturated heterocycles. The summed E-state index contributed by atoms with van der Waals surface area (Å²) in [6.45, 7) is 2.67. The third-order valence-corrected chi connectivity index (χ3v) is 5.41. The second-order valence-corrected chi connectivity index (χ2v) is 7.82.